The van der Waals surface area contributed by atoms with E-state index in [4.69, 9.17) is 19.2 Å². The Morgan fingerprint density at radius 3 is 2.68 bits per heavy atom. The second-order valence-electron chi connectivity index (χ2n) is 6.24. The molecular formula is C21H24N2O4S. The number of rotatable bonds is 6. The lowest BCUT2D eigenvalue weighted by Gasteiger charge is -2.27. The number of amidine groups is 1. The topological polar surface area (TPSA) is 69.2 Å². The van der Waals surface area contributed by atoms with Gasteiger partial charge in [-0.25, -0.2) is 9.79 Å². The zero-order chi connectivity index (χ0) is 20.1. The van der Waals surface area contributed by atoms with Crippen LogP contribution in [0.25, 0.3) is 10.8 Å². The van der Waals surface area contributed by atoms with Gasteiger partial charge in [-0.3, -0.25) is 0 Å². The van der Waals surface area contributed by atoms with Gasteiger partial charge in [-0.1, -0.05) is 42.1 Å². The van der Waals surface area contributed by atoms with Crippen molar-refractivity contribution in [3.63, 3.8) is 0 Å². The molecule has 1 aliphatic heterocycles. The van der Waals surface area contributed by atoms with E-state index in [2.05, 4.69) is 5.32 Å². The summed E-state index contributed by atoms with van der Waals surface area (Å²) in [6, 6.07) is 11.4. The number of nitrogens with zero attached hydrogens (tertiary/aromatic N) is 1. The van der Waals surface area contributed by atoms with Crippen LogP contribution in [-0.2, 0) is 14.3 Å². The average Bonchev–Trinajstić information content (AvgIpc) is 2.72. The number of ether oxygens (including phenoxy) is 3. The van der Waals surface area contributed by atoms with E-state index < -0.39 is 12.0 Å². The van der Waals surface area contributed by atoms with E-state index in [1.807, 2.05) is 49.6 Å². The van der Waals surface area contributed by atoms with Crippen LogP contribution < -0.4 is 10.1 Å². The number of thioether (sulfide) groups is 1. The lowest BCUT2D eigenvalue weighted by atomic mass is 9.91. The van der Waals surface area contributed by atoms with Gasteiger partial charge in [0.1, 0.15) is 18.4 Å². The van der Waals surface area contributed by atoms with Gasteiger partial charge in [0.05, 0.1) is 19.3 Å². The Bertz CT molecular complexity index is 939. The molecule has 1 unspecified atom stereocenters. The molecule has 148 valence electrons. The summed E-state index contributed by atoms with van der Waals surface area (Å²) < 4.78 is 16.1. The standard InChI is InChI=1S/C21H24N2O4S/c1-13-17(20(24)27-12-11-25-2)19(23-21(22-13)28-4)18-15-8-6-5-7-14(15)9-10-16(18)26-3/h5-10,19H,11-12H2,1-4H3,(H,22,23). The molecular weight excluding hydrogens is 376 g/mol. The fraction of sp³-hybridized carbons (Fsp3) is 0.333. The maximum atomic E-state index is 12.9. The van der Waals surface area contributed by atoms with Gasteiger partial charge in [-0.05, 0) is 30.0 Å². The Morgan fingerprint density at radius 1 is 1.18 bits per heavy atom. The van der Waals surface area contributed by atoms with E-state index in [1.54, 1.807) is 14.2 Å². The van der Waals surface area contributed by atoms with E-state index in [9.17, 15) is 4.79 Å². The van der Waals surface area contributed by atoms with Crippen LogP contribution in [0.3, 0.4) is 0 Å². The average molecular weight is 401 g/mol. The molecule has 7 heteroatoms. The number of carbonyl (C=O) groups excluding carboxylic acids is 1. The van der Waals surface area contributed by atoms with Crippen LogP contribution in [0.5, 0.6) is 5.75 Å². The van der Waals surface area contributed by atoms with Crippen molar-refractivity contribution < 1.29 is 19.0 Å². The molecule has 1 N–H and O–H groups in total. The molecule has 2 aromatic rings. The van der Waals surface area contributed by atoms with Gasteiger partial charge >= 0.3 is 5.97 Å². The zero-order valence-corrected chi connectivity index (χ0v) is 17.3. The Balaban J connectivity index is 2.15. The third-order valence-electron chi connectivity index (χ3n) is 4.58. The van der Waals surface area contributed by atoms with Gasteiger partial charge < -0.3 is 19.5 Å². The van der Waals surface area contributed by atoms with E-state index in [0.29, 0.717) is 17.9 Å². The van der Waals surface area contributed by atoms with E-state index in [0.717, 1.165) is 27.2 Å². The molecule has 0 spiro atoms. The summed E-state index contributed by atoms with van der Waals surface area (Å²) >= 11 is 1.49. The summed E-state index contributed by atoms with van der Waals surface area (Å²) in [6.07, 6.45) is 1.94. The van der Waals surface area contributed by atoms with Gasteiger partial charge in [-0.2, -0.15) is 0 Å². The number of fused-ring (bicyclic) bond motifs is 1. The third-order valence-corrected chi connectivity index (χ3v) is 5.17. The molecule has 0 saturated carbocycles. The number of hydrogen-bond acceptors (Lipinski definition) is 7. The highest BCUT2D eigenvalue weighted by Crippen LogP contribution is 2.41. The number of carbonyl (C=O) groups is 1. The van der Waals surface area contributed by atoms with Crippen molar-refractivity contribution in [3.05, 3.63) is 53.2 Å². The monoisotopic (exact) mass is 400 g/mol. The number of benzene rings is 2. The normalized spacial score (nSPS) is 16.6. The van der Waals surface area contributed by atoms with Crippen LogP contribution in [-0.4, -0.2) is 44.8 Å². The Morgan fingerprint density at radius 2 is 1.96 bits per heavy atom. The Kier molecular flexibility index (Phi) is 6.59. The van der Waals surface area contributed by atoms with Crippen molar-refractivity contribution in [1.82, 2.24) is 5.32 Å². The van der Waals surface area contributed by atoms with Crippen LogP contribution in [0.15, 0.2) is 52.7 Å². The highest BCUT2D eigenvalue weighted by atomic mass is 32.2. The summed E-state index contributed by atoms with van der Waals surface area (Å²) in [6.45, 7) is 2.39. The van der Waals surface area contributed by atoms with Gasteiger partial charge in [-0.15, -0.1) is 0 Å². The van der Waals surface area contributed by atoms with Gasteiger partial charge in [0.2, 0.25) is 0 Å². The van der Waals surface area contributed by atoms with Crippen LogP contribution in [0.1, 0.15) is 18.5 Å². The van der Waals surface area contributed by atoms with Crippen LogP contribution in [0.4, 0.5) is 0 Å². The lowest BCUT2D eigenvalue weighted by Crippen LogP contribution is -2.31. The van der Waals surface area contributed by atoms with Crippen LogP contribution in [0.2, 0.25) is 0 Å². The highest BCUT2D eigenvalue weighted by Gasteiger charge is 2.33. The maximum Gasteiger partial charge on any atom is 0.338 e. The molecule has 0 radical (unpaired) electrons. The predicted molar refractivity (Wildman–Crippen MR) is 113 cm³/mol. The van der Waals surface area contributed by atoms with Crippen LogP contribution in [0, 0.1) is 0 Å². The largest absolute Gasteiger partial charge is 0.496 e. The van der Waals surface area contributed by atoms with Gasteiger partial charge in [0.15, 0.2) is 5.17 Å². The molecule has 1 aliphatic rings. The minimum absolute atomic E-state index is 0.185. The number of hydrogen-bond donors (Lipinski definition) is 1. The first-order valence-electron chi connectivity index (χ1n) is 8.92. The number of allylic oxidation sites excluding steroid dienone is 1. The van der Waals surface area contributed by atoms with Crippen molar-refractivity contribution in [2.75, 3.05) is 33.7 Å². The Labute approximate surface area is 169 Å². The van der Waals surface area contributed by atoms with E-state index in [-0.39, 0.29) is 6.61 Å². The molecule has 1 atom stereocenters. The van der Waals surface area contributed by atoms with Gasteiger partial charge in [0, 0.05) is 18.4 Å². The summed E-state index contributed by atoms with van der Waals surface area (Å²) in [5.41, 5.74) is 2.05. The summed E-state index contributed by atoms with van der Waals surface area (Å²) in [5.74, 6) is 0.274. The predicted octanol–water partition coefficient (Wildman–Crippen LogP) is 3.68. The van der Waals surface area contributed by atoms with Gasteiger partial charge in [0.25, 0.3) is 0 Å². The molecule has 28 heavy (non-hydrogen) atoms. The number of esters is 1. The highest BCUT2D eigenvalue weighted by molar-refractivity contribution is 8.13. The molecule has 0 aromatic heterocycles. The van der Waals surface area contributed by atoms with Crippen molar-refractivity contribution in [3.8, 4) is 5.75 Å². The fourth-order valence-corrected chi connectivity index (χ4v) is 3.72. The summed E-state index contributed by atoms with van der Waals surface area (Å²) in [7, 11) is 3.19. The first kappa shape index (κ1) is 20.2. The minimum Gasteiger partial charge on any atom is -0.496 e. The molecule has 1 heterocycles. The van der Waals surface area contributed by atoms with Crippen molar-refractivity contribution in [2.45, 2.75) is 13.0 Å². The second kappa shape index (κ2) is 9.12. The molecule has 2 aromatic carbocycles. The summed E-state index contributed by atoms with van der Waals surface area (Å²) in [5, 5.41) is 5.99. The molecule has 3 rings (SSSR count). The molecule has 0 amide bonds. The number of methoxy groups -OCH3 is 2. The minimum atomic E-state index is -0.528. The van der Waals surface area contributed by atoms with Crippen molar-refractivity contribution >= 4 is 33.7 Å². The summed E-state index contributed by atoms with van der Waals surface area (Å²) in [4.78, 5) is 17.7. The molecule has 6 nitrogen and oxygen atoms in total. The molecule has 0 saturated heterocycles. The van der Waals surface area contributed by atoms with Crippen molar-refractivity contribution in [2.24, 2.45) is 4.99 Å². The second-order valence-corrected chi connectivity index (χ2v) is 7.03. The van der Waals surface area contributed by atoms with Crippen LogP contribution >= 0.6 is 11.8 Å². The zero-order valence-electron chi connectivity index (χ0n) is 16.4. The van der Waals surface area contributed by atoms with Crippen molar-refractivity contribution in [1.29, 1.82) is 0 Å². The van der Waals surface area contributed by atoms with E-state index in [1.165, 1.54) is 11.8 Å². The Hall–Kier alpha value is -2.51. The molecule has 0 bridgehead atoms. The maximum absolute atomic E-state index is 12.9. The molecule has 0 aliphatic carbocycles. The van der Waals surface area contributed by atoms with E-state index >= 15 is 0 Å². The SMILES string of the molecule is COCCOC(=O)C1=C(C)NC(SC)=NC1c1c(OC)ccc2ccccc12. The molecule has 0 fully saturated rings. The third kappa shape index (κ3) is 4.00. The smallest absolute Gasteiger partial charge is 0.338 e. The number of nitrogens with one attached hydrogen (secondary N) is 1. The fourth-order valence-electron chi connectivity index (χ4n) is 3.26. The first-order valence-corrected chi connectivity index (χ1v) is 10.1. The lowest BCUT2D eigenvalue weighted by molar-refractivity contribution is -0.140. The quantitative estimate of drug-likeness (QED) is 0.589. The first-order chi connectivity index (χ1) is 13.6. The number of aliphatic imine (C=N–C) groups is 1.